The topological polar surface area (TPSA) is 72.2 Å². The largest absolute Gasteiger partial charge is 0.399 e. The summed E-state index contributed by atoms with van der Waals surface area (Å²) in [6.07, 6.45) is 0. The molecule has 2 aromatic carbocycles. The van der Waals surface area contributed by atoms with E-state index in [-0.39, 0.29) is 4.90 Å². The number of hydrogen-bond donors (Lipinski definition) is 2. The zero-order valence-corrected chi connectivity index (χ0v) is 12.0. The van der Waals surface area contributed by atoms with Crippen LogP contribution >= 0.6 is 0 Å². The lowest BCUT2D eigenvalue weighted by molar-refractivity contribution is 0.599. The van der Waals surface area contributed by atoms with Crippen LogP contribution in [0, 0.1) is 19.7 Å². The molecule has 0 aromatic heterocycles. The van der Waals surface area contributed by atoms with Crippen molar-refractivity contribution in [3.8, 4) is 0 Å². The standard InChI is InChI=1S/C14H15FN2O2S/c1-9-8-14(10(2)7-13(9)16)17-20(18,19)12-5-3-11(15)4-6-12/h3-8,17H,16H2,1-2H3. The summed E-state index contributed by atoms with van der Waals surface area (Å²) in [4.78, 5) is 0.00720. The summed E-state index contributed by atoms with van der Waals surface area (Å²) >= 11 is 0. The maximum absolute atomic E-state index is 12.8. The monoisotopic (exact) mass is 294 g/mol. The molecular formula is C14H15FN2O2S. The summed E-state index contributed by atoms with van der Waals surface area (Å²) in [7, 11) is -3.74. The van der Waals surface area contributed by atoms with Crippen LogP contribution in [0.1, 0.15) is 11.1 Å². The van der Waals surface area contributed by atoms with Crippen LogP contribution in [0.25, 0.3) is 0 Å². The van der Waals surface area contributed by atoms with Crippen LogP contribution in [-0.2, 0) is 10.0 Å². The molecule has 0 atom stereocenters. The zero-order chi connectivity index (χ0) is 14.9. The summed E-state index contributed by atoms with van der Waals surface area (Å²) in [5.41, 5.74) is 8.33. The first-order valence-electron chi connectivity index (χ1n) is 5.95. The van der Waals surface area contributed by atoms with E-state index < -0.39 is 15.8 Å². The molecule has 6 heteroatoms. The third kappa shape index (κ3) is 2.91. The van der Waals surface area contributed by atoms with Crippen molar-refractivity contribution in [2.75, 3.05) is 10.5 Å². The molecule has 0 bridgehead atoms. The van der Waals surface area contributed by atoms with Crippen LogP contribution in [0.2, 0.25) is 0 Å². The fourth-order valence-corrected chi connectivity index (χ4v) is 2.89. The van der Waals surface area contributed by atoms with Crippen molar-refractivity contribution in [2.24, 2.45) is 0 Å². The maximum atomic E-state index is 12.8. The second kappa shape index (κ2) is 5.13. The maximum Gasteiger partial charge on any atom is 0.261 e. The smallest absolute Gasteiger partial charge is 0.261 e. The Bertz CT molecular complexity index is 741. The molecule has 2 aromatic rings. The molecule has 3 N–H and O–H groups in total. The molecular weight excluding hydrogens is 279 g/mol. The molecule has 4 nitrogen and oxygen atoms in total. The number of halogens is 1. The lowest BCUT2D eigenvalue weighted by Gasteiger charge is -2.12. The quantitative estimate of drug-likeness (QED) is 0.855. The fourth-order valence-electron chi connectivity index (χ4n) is 1.77. The molecule has 0 fully saturated rings. The fraction of sp³-hybridized carbons (Fsp3) is 0.143. The Balaban J connectivity index is 2.38. The number of benzene rings is 2. The molecule has 0 spiro atoms. The average Bonchev–Trinajstić information content (AvgIpc) is 2.36. The van der Waals surface area contributed by atoms with Crippen LogP contribution < -0.4 is 10.5 Å². The molecule has 0 amide bonds. The minimum atomic E-state index is -3.74. The Morgan fingerprint density at radius 1 is 1.05 bits per heavy atom. The number of nitrogens with one attached hydrogen (secondary N) is 1. The third-order valence-electron chi connectivity index (χ3n) is 2.98. The van der Waals surface area contributed by atoms with Crippen LogP contribution in [0.3, 0.4) is 0 Å². The van der Waals surface area contributed by atoms with Crippen LogP contribution in [-0.4, -0.2) is 8.42 Å². The van der Waals surface area contributed by atoms with E-state index in [2.05, 4.69) is 4.72 Å². The zero-order valence-electron chi connectivity index (χ0n) is 11.1. The summed E-state index contributed by atoms with van der Waals surface area (Å²) in [6.45, 7) is 3.56. The van der Waals surface area contributed by atoms with Gasteiger partial charge in [-0.15, -0.1) is 0 Å². The SMILES string of the molecule is Cc1cc(NS(=O)(=O)c2ccc(F)cc2)c(C)cc1N. The molecule has 0 aliphatic heterocycles. The summed E-state index contributed by atoms with van der Waals surface area (Å²) in [5.74, 6) is -0.483. The van der Waals surface area contributed by atoms with E-state index in [4.69, 9.17) is 5.73 Å². The van der Waals surface area contributed by atoms with Crippen LogP contribution in [0.4, 0.5) is 15.8 Å². The van der Waals surface area contributed by atoms with Gasteiger partial charge in [-0.1, -0.05) is 0 Å². The van der Waals surface area contributed by atoms with E-state index in [0.29, 0.717) is 11.4 Å². The molecule has 0 aliphatic carbocycles. The number of rotatable bonds is 3. The minimum Gasteiger partial charge on any atom is -0.399 e. The van der Waals surface area contributed by atoms with Gasteiger partial charge in [-0.3, -0.25) is 4.72 Å². The average molecular weight is 294 g/mol. The van der Waals surface area contributed by atoms with Crippen LogP contribution in [0.15, 0.2) is 41.3 Å². The minimum absolute atomic E-state index is 0.00720. The lowest BCUT2D eigenvalue weighted by atomic mass is 10.1. The van der Waals surface area contributed by atoms with Gasteiger partial charge in [-0.2, -0.15) is 0 Å². The number of aryl methyl sites for hydroxylation is 2. The highest BCUT2D eigenvalue weighted by Crippen LogP contribution is 2.24. The number of sulfonamides is 1. The first kappa shape index (κ1) is 14.3. The van der Waals surface area contributed by atoms with Crippen molar-refractivity contribution in [2.45, 2.75) is 18.7 Å². The number of nitrogen functional groups attached to an aromatic ring is 1. The Morgan fingerprint density at radius 2 is 1.65 bits per heavy atom. The normalized spacial score (nSPS) is 11.3. The van der Waals surface area contributed by atoms with Crippen molar-refractivity contribution in [3.63, 3.8) is 0 Å². The molecule has 0 unspecified atom stereocenters. The van der Waals surface area contributed by atoms with Gasteiger partial charge in [-0.25, -0.2) is 12.8 Å². The lowest BCUT2D eigenvalue weighted by Crippen LogP contribution is -2.14. The van der Waals surface area contributed by atoms with Gasteiger partial charge in [0, 0.05) is 5.69 Å². The van der Waals surface area contributed by atoms with Gasteiger partial charge < -0.3 is 5.73 Å². The van der Waals surface area contributed by atoms with Crippen molar-refractivity contribution < 1.29 is 12.8 Å². The number of anilines is 2. The van der Waals surface area contributed by atoms with Crippen molar-refractivity contribution >= 4 is 21.4 Å². The van der Waals surface area contributed by atoms with Crippen LogP contribution in [0.5, 0.6) is 0 Å². The Morgan fingerprint density at radius 3 is 2.25 bits per heavy atom. The van der Waals surface area contributed by atoms with Gasteiger partial charge in [0.25, 0.3) is 10.0 Å². The molecule has 0 heterocycles. The van der Waals surface area contributed by atoms with E-state index in [9.17, 15) is 12.8 Å². The summed E-state index contributed by atoms with van der Waals surface area (Å²) in [6, 6.07) is 8.03. The van der Waals surface area contributed by atoms with E-state index in [1.807, 2.05) is 0 Å². The van der Waals surface area contributed by atoms with Gasteiger partial charge >= 0.3 is 0 Å². The van der Waals surface area contributed by atoms with Gasteiger partial charge in [0.15, 0.2) is 0 Å². The predicted molar refractivity (Wildman–Crippen MR) is 77.5 cm³/mol. The molecule has 2 rings (SSSR count). The van der Waals surface area contributed by atoms with Gasteiger partial charge in [0.05, 0.1) is 10.6 Å². The molecule has 0 radical (unpaired) electrons. The predicted octanol–water partition coefficient (Wildman–Crippen LogP) is 2.83. The van der Waals surface area contributed by atoms with Crippen molar-refractivity contribution in [1.29, 1.82) is 0 Å². The number of nitrogens with two attached hydrogens (primary N) is 1. The second-order valence-corrected chi connectivity index (χ2v) is 6.27. The molecule has 0 saturated heterocycles. The van der Waals surface area contributed by atoms with Gasteiger partial charge in [-0.05, 0) is 61.4 Å². The third-order valence-corrected chi connectivity index (χ3v) is 4.36. The summed E-state index contributed by atoms with van der Waals surface area (Å²) in [5, 5.41) is 0. The Labute approximate surface area is 117 Å². The second-order valence-electron chi connectivity index (χ2n) is 4.58. The molecule has 20 heavy (non-hydrogen) atoms. The Kier molecular flexibility index (Phi) is 3.67. The van der Waals surface area contributed by atoms with E-state index >= 15 is 0 Å². The molecule has 106 valence electrons. The number of hydrogen-bond acceptors (Lipinski definition) is 3. The molecule has 0 aliphatic rings. The van der Waals surface area contributed by atoms with E-state index in [1.54, 1.807) is 26.0 Å². The van der Waals surface area contributed by atoms with Gasteiger partial charge in [0.1, 0.15) is 5.82 Å². The van der Waals surface area contributed by atoms with E-state index in [0.717, 1.165) is 23.3 Å². The first-order valence-corrected chi connectivity index (χ1v) is 7.43. The highest BCUT2D eigenvalue weighted by Gasteiger charge is 2.15. The Hall–Kier alpha value is -2.08. The highest BCUT2D eigenvalue weighted by molar-refractivity contribution is 7.92. The summed E-state index contributed by atoms with van der Waals surface area (Å²) < 4.78 is 39.7. The highest BCUT2D eigenvalue weighted by atomic mass is 32.2. The van der Waals surface area contributed by atoms with Crippen molar-refractivity contribution in [3.05, 3.63) is 53.3 Å². The van der Waals surface area contributed by atoms with E-state index in [1.165, 1.54) is 12.1 Å². The first-order chi connectivity index (χ1) is 9.29. The molecule has 0 saturated carbocycles. The van der Waals surface area contributed by atoms with Gasteiger partial charge in [0.2, 0.25) is 0 Å². The van der Waals surface area contributed by atoms with Crippen molar-refractivity contribution in [1.82, 2.24) is 0 Å².